The Labute approximate surface area is 331 Å². The number of unbranched alkanes of at least 4 members (excludes halogenated alkanes) is 24. The van der Waals surface area contributed by atoms with Gasteiger partial charge in [0.25, 0.3) is 0 Å². The van der Waals surface area contributed by atoms with Crippen LogP contribution in [0.1, 0.15) is 207 Å². The van der Waals surface area contributed by atoms with Gasteiger partial charge in [0.15, 0.2) is 0 Å². The number of nitrogens with zero attached hydrogens (tertiary/aromatic N) is 1. The van der Waals surface area contributed by atoms with Crippen LogP contribution in [0.2, 0.25) is 0 Å². The molecule has 0 amide bonds. The van der Waals surface area contributed by atoms with Gasteiger partial charge in [0.1, 0.15) is 6.10 Å². The molecule has 0 aromatic heterocycles. The van der Waals surface area contributed by atoms with Gasteiger partial charge in [0.05, 0.1) is 13.2 Å². The summed E-state index contributed by atoms with van der Waals surface area (Å²) in [7, 11) is -3.89. The van der Waals surface area contributed by atoms with E-state index in [-0.39, 0.29) is 13.2 Å². The van der Waals surface area contributed by atoms with Crippen molar-refractivity contribution in [2.24, 2.45) is 0 Å². The van der Waals surface area contributed by atoms with Crippen molar-refractivity contribution in [3.8, 4) is 0 Å². The minimum Gasteiger partial charge on any atom is -0.379 e. The third-order valence-corrected chi connectivity index (χ3v) is 11.2. The van der Waals surface area contributed by atoms with Crippen LogP contribution in [0, 0.1) is 0 Å². The topological polar surface area (TPSA) is 77.1 Å². The van der Waals surface area contributed by atoms with Gasteiger partial charge in [-0.05, 0) is 77.3 Å². The average molecular weight is 771 g/mol. The summed E-state index contributed by atoms with van der Waals surface area (Å²) in [6.45, 7) is 13.1. The van der Waals surface area contributed by atoms with E-state index in [4.69, 9.17) is 13.7 Å². The highest BCUT2D eigenvalue weighted by molar-refractivity contribution is 7.84. The Hall–Kier alpha value is -0.770. The van der Waals surface area contributed by atoms with E-state index in [0.717, 1.165) is 38.8 Å². The first-order valence-corrected chi connectivity index (χ1v) is 24.2. The third-order valence-electron chi connectivity index (χ3n) is 10.1. The summed E-state index contributed by atoms with van der Waals surface area (Å²) in [6, 6.07) is 0. The maximum absolute atomic E-state index is 12.7. The number of hydrogen-bond acceptors (Lipinski definition) is 6. The largest absolute Gasteiger partial charge is 0.379 e. The number of hydrogen-bond donors (Lipinski definition) is 1. The molecule has 0 aromatic rings. The first-order valence-electron chi connectivity index (χ1n) is 22.8. The predicted molar refractivity (Wildman–Crippen MR) is 230 cm³/mol. The molecule has 0 saturated carbocycles. The lowest BCUT2D eigenvalue weighted by Gasteiger charge is -2.20. The molecule has 0 aliphatic heterocycles. The fourth-order valence-electron chi connectivity index (χ4n) is 6.52. The molecular formula is C45H90N2O5S. The first-order chi connectivity index (χ1) is 26.0. The SMILES string of the molecule is CCCCCCCCC=CCCCCCCCCOCC(COCCCCCCCCC=CCCCCCCCC)OS(=O)(=O)NCCN(CC)CC. The van der Waals surface area contributed by atoms with Gasteiger partial charge in [0, 0.05) is 26.3 Å². The Kier molecular flexibility index (Phi) is 41.8. The van der Waals surface area contributed by atoms with Crippen LogP contribution < -0.4 is 4.72 Å². The smallest absolute Gasteiger partial charge is 0.336 e. The van der Waals surface area contributed by atoms with Gasteiger partial charge < -0.3 is 14.4 Å². The highest BCUT2D eigenvalue weighted by Crippen LogP contribution is 2.12. The van der Waals surface area contributed by atoms with Gasteiger partial charge in [-0.25, -0.2) is 4.18 Å². The van der Waals surface area contributed by atoms with Crippen molar-refractivity contribution < 1.29 is 22.1 Å². The molecule has 0 aliphatic rings. The lowest BCUT2D eigenvalue weighted by Crippen LogP contribution is -2.39. The molecular weight excluding hydrogens is 681 g/mol. The van der Waals surface area contributed by atoms with Gasteiger partial charge >= 0.3 is 10.3 Å². The minimum atomic E-state index is -3.89. The molecule has 316 valence electrons. The van der Waals surface area contributed by atoms with Gasteiger partial charge in [0.2, 0.25) is 0 Å². The van der Waals surface area contributed by atoms with E-state index in [9.17, 15) is 8.42 Å². The summed E-state index contributed by atoms with van der Waals surface area (Å²) < 4.78 is 45.4. The highest BCUT2D eigenvalue weighted by Gasteiger charge is 2.20. The van der Waals surface area contributed by atoms with E-state index in [2.05, 4.69) is 61.6 Å². The van der Waals surface area contributed by atoms with E-state index < -0.39 is 16.4 Å². The molecule has 0 rings (SSSR count). The van der Waals surface area contributed by atoms with Gasteiger partial charge in [-0.15, -0.1) is 0 Å². The van der Waals surface area contributed by atoms with E-state index >= 15 is 0 Å². The lowest BCUT2D eigenvalue weighted by molar-refractivity contribution is -0.00576. The van der Waals surface area contributed by atoms with Gasteiger partial charge in [-0.1, -0.05) is 168 Å². The second-order valence-electron chi connectivity index (χ2n) is 15.1. The Morgan fingerprint density at radius 3 is 1.19 bits per heavy atom. The van der Waals surface area contributed by atoms with Crippen molar-refractivity contribution in [3.63, 3.8) is 0 Å². The Bertz CT molecular complexity index is 832. The molecule has 0 atom stereocenters. The molecule has 0 fully saturated rings. The lowest BCUT2D eigenvalue weighted by atomic mass is 10.1. The Morgan fingerprint density at radius 2 is 0.830 bits per heavy atom. The van der Waals surface area contributed by atoms with Crippen LogP contribution in [0.25, 0.3) is 0 Å². The number of allylic oxidation sites excluding steroid dienone is 4. The van der Waals surface area contributed by atoms with E-state index in [1.54, 1.807) is 0 Å². The predicted octanol–water partition coefficient (Wildman–Crippen LogP) is 12.7. The number of likely N-dealkylation sites (N-methyl/N-ethyl adjacent to an activating group) is 1. The van der Waals surface area contributed by atoms with Crippen molar-refractivity contribution in [2.45, 2.75) is 214 Å². The molecule has 53 heavy (non-hydrogen) atoms. The highest BCUT2D eigenvalue weighted by atomic mass is 32.2. The van der Waals surface area contributed by atoms with Crippen LogP contribution in [0.3, 0.4) is 0 Å². The molecule has 1 N–H and O–H groups in total. The molecule has 7 nitrogen and oxygen atoms in total. The van der Waals surface area contributed by atoms with Crippen molar-refractivity contribution in [1.29, 1.82) is 0 Å². The van der Waals surface area contributed by atoms with Gasteiger partial charge in [-0.3, -0.25) is 0 Å². The van der Waals surface area contributed by atoms with Gasteiger partial charge in [-0.2, -0.15) is 13.1 Å². The molecule has 8 heteroatoms. The standard InChI is InChI=1S/C45H90N2O5S/c1-5-9-11-13-15-17-19-21-23-25-27-29-31-33-35-37-41-50-43-45(52-53(48,49)46-39-40-47(7-3)8-4)44-51-42-38-36-34-32-30-28-26-24-22-20-18-16-14-12-10-6-2/h21-24,45-46H,5-20,25-44H2,1-4H3. The molecule has 0 unspecified atom stereocenters. The minimum absolute atomic E-state index is 0.218. The number of ether oxygens (including phenoxy) is 2. The van der Waals surface area contributed by atoms with Crippen LogP contribution >= 0.6 is 0 Å². The molecule has 0 aliphatic carbocycles. The average Bonchev–Trinajstić information content (AvgIpc) is 3.15. The summed E-state index contributed by atoms with van der Waals surface area (Å²) in [5.74, 6) is 0. The molecule has 0 heterocycles. The molecule has 0 bridgehead atoms. The monoisotopic (exact) mass is 771 g/mol. The van der Waals surface area contributed by atoms with Crippen molar-refractivity contribution in [2.75, 3.05) is 52.6 Å². The zero-order valence-electron chi connectivity index (χ0n) is 35.7. The van der Waals surface area contributed by atoms with E-state index in [0.29, 0.717) is 26.3 Å². The Morgan fingerprint density at radius 1 is 0.491 bits per heavy atom. The summed E-state index contributed by atoms with van der Waals surface area (Å²) in [6.07, 6.45) is 44.5. The normalized spacial score (nSPS) is 13.0. The summed E-state index contributed by atoms with van der Waals surface area (Å²) in [5.41, 5.74) is 0. The van der Waals surface area contributed by atoms with E-state index in [1.807, 2.05) is 0 Å². The van der Waals surface area contributed by atoms with Crippen molar-refractivity contribution in [1.82, 2.24) is 9.62 Å². The van der Waals surface area contributed by atoms with E-state index in [1.165, 1.54) is 154 Å². The zero-order valence-corrected chi connectivity index (χ0v) is 36.6. The quantitative estimate of drug-likeness (QED) is 0.0491. The summed E-state index contributed by atoms with van der Waals surface area (Å²) >= 11 is 0. The first kappa shape index (κ1) is 52.2. The summed E-state index contributed by atoms with van der Waals surface area (Å²) in [5, 5.41) is 0. The number of rotatable bonds is 44. The summed E-state index contributed by atoms with van der Waals surface area (Å²) in [4.78, 5) is 2.18. The van der Waals surface area contributed by atoms with Crippen LogP contribution in [-0.2, 0) is 24.0 Å². The van der Waals surface area contributed by atoms with Crippen LogP contribution in [0.15, 0.2) is 24.3 Å². The molecule has 0 aromatic carbocycles. The second kappa shape index (κ2) is 42.4. The maximum atomic E-state index is 12.7. The third kappa shape index (κ3) is 40.7. The molecule has 0 saturated heterocycles. The van der Waals surface area contributed by atoms with Crippen LogP contribution in [0.5, 0.6) is 0 Å². The maximum Gasteiger partial charge on any atom is 0.336 e. The molecule has 0 spiro atoms. The fraction of sp³-hybridized carbons (Fsp3) is 0.911. The van der Waals surface area contributed by atoms with Crippen molar-refractivity contribution >= 4 is 10.3 Å². The van der Waals surface area contributed by atoms with Crippen LogP contribution in [-0.4, -0.2) is 72.0 Å². The fourth-order valence-corrected chi connectivity index (χ4v) is 7.40. The zero-order chi connectivity index (χ0) is 38.8. The Balaban J connectivity index is 4.13. The second-order valence-corrected chi connectivity index (χ2v) is 16.5. The van der Waals surface area contributed by atoms with Crippen LogP contribution in [0.4, 0.5) is 0 Å². The van der Waals surface area contributed by atoms with Crippen molar-refractivity contribution in [3.05, 3.63) is 24.3 Å². The number of nitrogens with one attached hydrogen (secondary N) is 1. The molecule has 0 radical (unpaired) electrons.